The number of benzene rings is 1. The summed E-state index contributed by atoms with van der Waals surface area (Å²) in [6.45, 7) is 2.08. The van der Waals surface area contributed by atoms with Crippen molar-refractivity contribution < 1.29 is 9.34 Å². The highest BCUT2D eigenvalue weighted by Crippen LogP contribution is 2.24. The molecule has 0 radical (unpaired) electrons. The van der Waals surface area contributed by atoms with E-state index in [1.165, 1.54) is 6.07 Å². The normalized spacial score (nSPS) is 12.1. The van der Waals surface area contributed by atoms with E-state index in [2.05, 4.69) is 34.8 Å². The van der Waals surface area contributed by atoms with Crippen LogP contribution in [0.25, 0.3) is 0 Å². The third kappa shape index (κ3) is 3.96. The van der Waals surface area contributed by atoms with Gasteiger partial charge in [0.05, 0.1) is 11.2 Å². The highest BCUT2D eigenvalue weighted by atomic mass is 127. The Morgan fingerprint density at radius 3 is 2.85 bits per heavy atom. The summed E-state index contributed by atoms with van der Waals surface area (Å²) in [5.74, 6) is 0.969. The number of aryl methyl sites for hydroxylation is 1. The minimum Gasteiger partial charge on any atom is -0.469 e. The SMILES string of the molecule is CC(CCc1ccco1)Nc1ccc([N+](=O)[O-])cc1I. The van der Waals surface area contributed by atoms with Crippen molar-refractivity contribution in [2.45, 2.75) is 25.8 Å². The molecule has 1 heterocycles. The van der Waals surface area contributed by atoms with Crippen molar-refractivity contribution in [1.29, 1.82) is 0 Å². The van der Waals surface area contributed by atoms with E-state index in [4.69, 9.17) is 4.42 Å². The van der Waals surface area contributed by atoms with Gasteiger partial charge in [0.2, 0.25) is 0 Å². The van der Waals surface area contributed by atoms with Gasteiger partial charge in [-0.25, -0.2) is 0 Å². The summed E-state index contributed by atoms with van der Waals surface area (Å²) in [5, 5.41) is 14.1. The van der Waals surface area contributed by atoms with Crippen LogP contribution in [0.4, 0.5) is 11.4 Å². The second kappa shape index (κ2) is 6.74. The van der Waals surface area contributed by atoms with Gasteiger partial charge in [0, 0.05) is 33.9 Å². The van der Waals surface area contributed by atoms with Crippen molar-refractivity contribution in [2.24, 2.45) is 0 Å². The third-order valence-electron chi connectivity index (χ3n) is 2.97. The lowest BCUT2D eigenvalue weighted by Gasteiger charge is -2.15. The summed E-state index contributed by atoms with van der Waals surface area (Å²) in [6.07, 6.45) is 3.47. The van der Waals surface area contributed by atoms with Gasteiger partial charge >= 0.3 is 0 Å². The molecule has 0 aliphatic carbocycles. The average Bonchev–Trinajstić information content (AvgIpc) is 2.91. The van der Waals surface area contributed by atoms with Crippen LogP contribution in [0, 0.1) is 13.7 Å². The van der Waals surface area contributed by atoms with Gasteiger partial charge in [-0.2, -0.15) is 0 Å². The van der Waals surface area contributed by atoms with E-state index in [0.717, 1.165) is 27.9 Å². The van der Waals surface area contributed by atoms with Gasteiger partial charge in [-0.1, -0.05) is 0 Å². The Kier molecular flexibility index (Phi) is 4.99. The summed E-state index contributed by atoms with van der Waals surface area (Å²) >= 11 is 2.11. The summed E-state index contributed by atoms with van der Waals surface area (Å²) in [4.78, 5) is 10.3. The fourth-order valence-electron chi connectivity index (χ4n) is 1.89. The summed E-state index contributed by atoms with van der Waals surface area (Å²) in [7, 11) is 0. The van der Waals surface area contributed by atoms with Gasteiger partial charge < -0.3 is 9.73 Å². The molecule has 6 heteroatoms. The van der Waals surface area contributed by atoms with Crippen LogP contribution < -0.4 is 5.32 Å². The highest BCUT2D eigenvalue weighted by Gasteiger charge is 2.11. The maximum absolute atomic E-state index is 10.7. The quantitative estimate of drug-likeness (QED) is 0.459. The molecule has 0 fully saturated rings. The Hall–Kier alpha value is -1.57. The first-order valence-electron chi connectivity index (χ1n) is 6.29. The Balaban J connectivity index is 1.93. The van der Waals surface area contributed by atoms with E-state index in [1.807, 2.05) is 12.1 Å². The molecule has 0 saturated carbocycles. The minimum atomic E-state index is -0.383. The van der Waals surface area contributed by atoms with Gasteiger partial charge in [-0.3, -0.25) is 10.1 Å². The van der Waals surface area contributed by atoms with Crippen molar-refractivity contribution >= 4 is 34.0 Å². The zero-order valence-corrected chi connectivity index (χ0v) is 13.2. The Labute approximate surface area is 130 Å². The minimum absolute atomic E-state index is 0.114. The molecule has 1 aromatic heterocycles. The number of rotatable bonds is 6. The monoisotopic (exact) mass is 386 g/mol. The summed E-state index contributed by atoms with van der Waals surface area (Å²) in [6, 6.07) is 8.94. The molecule has 106 valence electrons. The van der Waals surface area contributed by atoms with Crippen LogP contribution in [0.1, 0.15) is 19.1 Å². The van der Waals surface area contributed by atoms with E-state index in [0.29, 0.717) is 0 Å². The predicted octanol–water partition coefficient (Wildman–Crippen LogP) is 4.23. The van der Waals surface area contributed by atoms with E-state index in [1.54, 1.807) is 18.4 Å². The lowest BCUT2D eigenvalue weighted by atomic mass is 10.1. The van der Waals surface area contributed by atoms with Crippen LogP contribution in [-0.4, -0.2) is 11.0 Å². The van der Waals surface area contributed by atoms with Crippen molar-refractivity contribution in [3.63, 3.8) is 0 Å². The van der Waals surface area contributed by atoms with Crippen LogP contribution in [0.3, 0.4) is 0 Å². The largest absolute Gasteiger partial charge is 0.469 e. The molecule has 0 aliphatic heterocycles. The van der Waals surface area contributed by atoms with Gasteiger partial charge in [0.25, 0.3) is 5.69 Å². The molecule has 2 aromatic rings. The van der Waals surface area contributed by atoms with Gasteiger partial charge in [0.15, 0.2) is 0 Å². The van der Waals surface area contributed by atoms with E-state index in [9.17, 15) is 10.1 Å². The lowest BCUT2D eigenvalue weighted by Crippen LogP contribution is -2.16. The Morgan fingerprint density at radius 2 is 2.25 bits per heavy atom. The van der Waals surface area contributed by atoms with Crippen LogP contribution in [-0.2, 0) is 6.42 Å². The fraction of sp³-hybridized carbons (Fsp3) is 0.286. The Morgan fingerprint density at radius 1 is 1.45 bits per heavy atom. The number of nitro groups is 1. The van der Waals surface area contributed by atoms with E-state index in [-0.39, 0.29) is 16.7 Å². The fourth-order valence-corrected chi connectivity index (χ4v) is 2.54. The second-order valence-corrected chi connectivity index (χ2v) is 5.75. The van der Waals surface area contributed by atoms with Crippen molar-refractivity contribution in [3.8, 4) is 0 Å². The standard InChI is InChI=1S/C14H15IN2O3/c1-10(4-6-12-3-2-8-20-12)16-14-7-5-11(17(18)19)9-13(14)15/h2-3,5,7-10,16H,4,6H2,1H3. The molecule has 0 bridgehead atoms. The maximum atomic E-state index is 10.7. The van der Waals surface area contributed by atoms with Crippen molar-refractivity contribution in [2.75, 3.05) is 5.32 Å². The molecule has 0 amide bonds. The van der Waals surface area contributed by atoms with Crippen molar-refractivity contribution in [1.82, 2.24) is 0 Å². The second-order valence-electron chi connectivity index (χ2n) is 4.58. The first-order chi connectivity index (χ1) is 9.56. The maximum Gasteiger partial charge on any atom is 0.270 e. The summed E-state index contributed by atoms with van der Waals surface area (Å²) < 4.78 is 6.14. The molecule has 0 aliphatic rings. The topological polar surface area (TPSA) is 68.3 Å². The number of nitro benzene ring substituents is 1. The first kappa shape index (κ1) is 14.8. The van der Waals surface area contributed by atoms with Gasteiger partial charge in [0.1, 0.15) is 5.76 Å². The molecule has 5 nitrogen and oxygen atoms in total. The number of nitrogens with one attached hydrogen (secondary N) is 1. The number of furan rings is 1. The van der Waals surface area contributed by atoms with Crippen LogP contribution in [0.2, 0.25) is 0 Å². The highest BCUT2D eigenvalue weighted by molar-refractivity contribution is 14.1. The third-order valence-corrected chi connectivity index (χ3v) is 3.86. The van der Waals surface area contributed by atoms with E-state index < -0.39 is 0 Å². The summed E-state index contributed by atoms with van der Waals surface area (Å²) in [5.41, 5.74) is 1.03. The number of hydrogen-bond donors (Lipinski definition) is 1. The molecule has 0 saturated heterocycles. The first-order valence-corrected chi connectivity index (χ1v) is 7.37. The van der Waals surface area contributed by atoms with Crippen LogP contribution in [0.5, 0.6) is 0 Å². The molecular formula is C14H15IN2O3. The lowest BCUT2D eigenvalue weighted by molar-refractivity contribution is -0.384. The average molecular weight is 386 g/mol. The molecular weight excluding hydrogens is 371 g/mol. The van der Waals surface area contributed by atoms with Gasteiger partial charge in [-0.15, -0.1) is 0 Å². The molecule has 1 N–H and O–H groups in total. The number of halogens is 1. The predicted molar refractivity (Wildman–Crippen MR) is 85.9 cm³/mol. The Bertz CT molecular complexity index is 584. The number of hydrogen-bond acceptors (Lipinski definition) is 4. The number of nitrogens with zero attached hydrogens (tertiary/aromatic N) is 1. The number of non-ortho nitro benzene ring substituents is 1. The van der Waals surface area contributed by atoms with Crippen LogP contribution >= 0.6 is 22.6 Å². The van der Waals surface area contributed by atoms with E-state index >= 15 is 0 Å². The van der Waals surface area contributed by atoms with Gasteiger partial charge in [-0.05, 0) is 54.1 Å². The molecule has 1 aromatic carbocycles. The number of anilines is 1. The smallest absolute Gasteiger partial charge is 0.270 e. The molecule has 1 atom stereocenters. The van der Waals surface area contributed by atoms with Crippen LogP contribution in [0.15, 0.2) is 41.0 Å². The molecule has 0 spiro atoms. The molecule has 1 unspecified atom stereocenters. The molecule has 20 heavy (non-hydrogen) atoms. The zero-order chi connectivity index (χ0) is 14.5. The molecule has 2 rings (SSSR count). The van der Waals surface area contributed by atoms with Crippen molar-refractivity contribution in [3.05, 3.63) is 56.0 Å². The zero-order valence-electron chi connectivity index (χ0n) is 11.0.